The van der Waals surface area contributed by atoms with E-state index in [0.717, 1.165) is 37.9 Å². The largest absolute Gasteiger partial charge is 0.341 e. The minimum absolute atomic E-state index is 0.0807. The predicted molar refractivity (Wildman–Crippen MR) is 120 cm³/mol. The van der Waals surface area contributed by atoms with E-state index in [1.165, 1.54) is 16.3 Å². The summed E-state index contributed by atoms with van der Waals surface area (Å²) in [6.45, 7) is 3.90. The molecule has 1 aliphatic rings. The highest BCUT2D eigenvalue weighted by Crippen LogP contribution is 2.33. The van der Waals surface area contributed by atoms with Crippen molar-refractivity contribution in [2.75, 3.05) is 13.1 Å². The molecule has 3 heteroatoms. The maximum absolute atomic E-state index is 13.1. The molecule has 0 saturated carbocycles. The number of nitrogens with two attached hydrogens (primary N) is 1. The Labute approximate surface area is 173 Å². The summed E-state index contributed by atoms with van der Waals surface area (Å²) >= 11 is 0. The lowest BCUT2D eigenvalue weighted by Crippen LogP contribution is -2.51. The fourth-order valence-electron chi connectivity index (χ4n) is 4.68. The minimum Gasteiger partial charge on any atom is -0.341 e. The van der Waals surface area contributed by atoms with Gasteiger partial charge >= 0.3 is 0 Å². The highest BCUT2D eigenvalue weighted by atomic mass is 16.2. The van der Waals surface area contributed by atoms with Crippen LogP contribution in [0, 0.1) is 5.41 Å². The summed E-state index contributed by atoms with van der Waals surface area (Å²) < 4.78 is 0. The molecule has 29 heavy (non-hydrogen) atoms. The van der Waals surface area contributed by atoms with Gasteiger partial charge in [0.15, 0.2) is 0 Å². The molecule has 0 spiro atoms. The summed E-state index contributed by atoms with van der Waals surface area (Å²) in [6.07, 6.45) is 3.76. The Balaban J connectivity index is 1.42. The normalized spacial score (nSPS) is 20.6. The van der Waals surface area contributed by atoms with E-state index < -0.39 is 6.04 Å². The number of fused-ring (bicyclic) bond motifs is 1. The number of piperidine rings is 1. The van der Waals surface area contributed by atoms with Gasteiger partial charge in [-0.05, 0) is 53.0 Å². The van der Waals surface area contributed by atoms with Crippen LogP contribution in [0.4, 0.5) is 0 Å². The maximum Gasteiger partial charge on any atom is 0.239 e. The first-order chi connectivity index (χ1) is 14.0. The van der Waals surface area contributed by atoms with Gasteiger partial charge in [0.2, 0.25) is 5.91 Å². The molecule has 2 unspecified atom stereocenters. The number of benzene rings is 3. The molecule has 0 radical (unpaired) electrons. The Morgan fingerprint density at radius 2 is 1.72 bits per heavy atom. The zero-order valence-electron chi connectivity index (χ0n) is 17.2. The van der Waals surface area contributed by atoms with Crippen LogP contribution < -0.4 is 5.73 Å². The van der Waals surface area contributed by atoms with Gasteiger partial charge in [0, 0.05) is 13.1 Å². The quantitative estimate of drug-likeness (QED) is 0.698. The van der Waals surface area contributed by atoms with Crippen molar-refractivity contribution >= 4 is 16.7 Å². The zero-order chi connectivity index (χ0) is 20.3. The van der Waals surface area contributed by atoms with E-state index in [1.807, 2.05) is 23.1 Å². The maximum atomic E-state index is 13.1. The second kappa shape index (κ2) is 8.38. The number of amides is 1. The summed E-state index contributed by atoms with van der Waals surface area (Å²) in [6, 6.07) is 24.7. The SMILES string of the molecule is CC1(Cc2ccccc2)CCCN(C(=O)C(N)Cc2ccc3ccccc3c2)C1. The lowest BCUT2D eigenvalue weighted by Gasteiger charge is -2.41. The average molecular weight is 387 g/mol. The molecule has 3 nitrogen and oxygen atoms in total. The van der Waals surface area contributed by atoms with Gasteiger partial charge < -0.3 is 10.6 Å². The van der Waals surface area contributed by atoms with Crippen LogP contribution in [0.2, 0.25) is 0 Å². The van der Waals surface area contributed by atoms with E-state index in [2.05, 4.69) is 61.5 Å². The molecule has 2 N–H and O–H groups in total. The van der Waals surface area contributed by atoms with Gasteiger partial charge in [0.1, 0.15) is 0 Å². The van der Waals surface area contributed by atoms with Crippen LogP contribution in [0.1, 0.15) is 30.9 Å². The molecule has 4 rings (SSSR count). The van der Waals surface area contributed by atoms with Gasteiger partial charge in [-0.2, -0.15) is 0 Å². The number of hydrogen-bond acceptors (Lipinski definition) is 2. The number of rotatable bonds is 5. The number of carbonyl (C=O) groups is 1. The number of hydrogen-bond donors (Lipinski definition) is 1. The standard InChI is InChI=1S/C26H30N2O/c1-26(18-20-8-3-2-4-9-20)14-7-15-28(19-26)25(29)24(27)17-21-12-13-22-10-5-6-11-23(22)16-21/h2-6,8-13,16,24H,7,14-15,17-19,27H2,1H3. The molecule has 2 atom stereocenters. The van der Waals surface area contributed by atoms with Crippen molar-refractivity contribution in [1.82, 2.24) is 4.90 Å². The molecule has 1 heterocycles. The Hall–Kier alpha value is -2.65. The van der Waals surface area contributed by atoms with Crippen molar-refractivity contribution in [3.8, 4) is 0 Å². The third kappa shape index (κ3) is 4.68. The van der Waals surface area contributed by atoms with Crippen LogP contribution in [0.25, 0.3) is 10.8 Å². The van der Waals surface area contributed by atoms with Crippen LogP contribution in [0.5, 0.6) is 0 Å². The Morgan fingerprint density at radius 3 is 2.52 bits per heavy atom. The molecule has 0 aromatic heterocycles. The second-order valence-electron chi connectivity index (χ2n) is 8.83. The Morgan fingerprint density at radius 1 is 1.00 bits per heavy atom. The van der Waals surface area contributed by atoms with Gasteiger partial charge in [-0.25, -0.2) is 0 Å². The van der Waals surface area contributed by atoms with E-state index in [-0.39, 0.29) is 11.3 Å². The molecule has 150 valence electrons. The van der Waals surface area contributed by atoms with Crippen molar-refractivity contribution in [2.45, 2.75) is 38.6 Å². The summed E-state index contributed by atoms with van der Waals surface area (Å²) in [5.74, 6) is 0.0807. The molecule has 0 aliphatic carbocycles. The molecule has 1 amide bonds. The summed E-state index contributed by atoms with van der Waals surface area (Å²) in [5.41, 5.74) is 8.94. The third-order valence-corrected chi connectivity index (χ3v) is 6.15. The lowest BCUT2D eigenvalue weighted by molar-refractivity contribution is -0.135. The lowest BCUT2D eigenvalue weighted by atomic mass is 9.76. The van der Waals surface area contributed by atoms with E-state index in [1.54, 1.807) is 0 Å². The molecule has 1 aliphatic heterocycles. The van der Waals surface area contributed by atoms with Crippen molar-refractivity contribution in [1.29, 1.82) is 0 Å². The molecular weight excluding hydrogens is 356 g/mol. The van der Waals surface area contributed by atoms with E-state index in [9.17, 15) is 4.79 Å². The zero-order valence-corrected chi connectivity index (χ0v) is 17.2. The average Bonchev–Trinajstić information content (AvgIpc) is 2.73. The summed E-state index contributed by atoms with van der Waals surface area (Å²) in [5, 5.41) is 2.40. The first kappa shape index (κ1) is 19.7. The molecule has 1 saturated heterocycles. The molecule has 1 fully saturated rings. The summed E-state index contributed by atoms with van der Waals surface area (Å²) in [4.78, 5) is 15.1. The van der Waals surface area contributed by atoms with Crippen LogP contribution in [-0.2, 0) is 17.6 Å². The fourth-order valence-corrected chi connectivity index (χ4v) is 4.68. The van der Waals surface area contributed by atoms with Crippen molar-refractivity contribution < 1.29 is 4.79 Å². The Bertz CT molecular complexity index is 984. The van der Waals surface area contributed by atoms with Gasteiger partial charge in [0.05, 0.1) is 6.04 Å². The fraction of sp³-hybridized carbons (Fsp3) is 0.346. The monoisotopic (exact) mass is 386 g/mol. The Kier molecular flexibility index (Phi) is 5.68. The molecular formula is C26H30N2O. The van der Waals surface area contributed by atoms with Crippen molar-refractivity contribution in [3.05, 3.63) is 83.9 Å². The van der Waals surface area contributed by atoms with Gasteiger partial charge in [0.25, 0.3) is 0 Å². The highest BCUT2D eigenvalue weighted by molar-refractivity contribution is 5.84. The van der Waals surface area contributed by atoms with Crippen LogP contribution >= 0.6 is 0 Å². The number of nitrogens with zero attached hydrogens (tertiary/aromatic N) is 1. The van der Waals surface area contributed by atoms with Crippen molar-refractivity contribution in [2.24, 2.45) is 11.1 Å². The van der Waals surface area contributed by atoms with Gasteiger partial charge in [-0.1, -0.05) is 79.7 Å². The van der Waals surface area contributed by atoms with Crippen LogP contribution in [0.3, 0.4) is 0 Å². The molecule has 3 aromatic carbocycles. The topological polar surface area (TPSA) is 46.3 Å². The first-order valence-electron chi connectivity index (χ1n) is 10.6. The number of carbonyl (C=O) groups excluding carboxylic acids is 1. The smallest absolute Gasteiger partial charge is 0.239 e. The number of likely N-dealkylation sites (tertiary alicyclic amines) is 1. The minimum atomic E-state index is -0.491. The van der Waals surface area contributed by atoms with Gasteiger partial charge in [-0.3, -0.25) is 4.79 Å². The first-order valence-corrected chi connectivity index (χ1v) is 10.6. The predicted octanol–water partition coefficient (Wildman–Crippen LogP) is 4.58. The highest BCUT2D eigenvalue weighted by Gasteiger charge is 2.34. The van der Waals surface area contributed by atoms with Crippen molar-refractivity contribution in [3.63, 3.8) is 0 Å². The second-order valence-corrected chi connectivity index (χ2v) is 8.83. The van der Waals surface area contributed by atoms with Crippen LogP contribution in [-0.4, -0.2) is 29.9 Å². The van der Waals surface area contributed by atoms with E-state index in [0.29, 0.717) is 6.42 Å². The van der Waals surface area contributed by atoms with Gasteiger partial charge in [-0.15, -0.1) is 0 Å². The van der Waals surface area contributed by atoms with Crippen LogP contribution in [0.15, 0.2) is 72.8 Å². The van der Waals surface area contributed by atoms with E-state index in [4.69, 9.17) is 5.73 Å². The molecule has 3 aromatic rings. The third-order valence-electron chi connectivity index (χ3n) is 6.15. The van der Waals surface area contributed by atoms with E-state index >= 15 is 0 Å². The molecule has 0 bridgehead atoms. The summed E-state index contributed by atoms with van der Waals surface area (Å²) in [7, 11) is 0.